The molecule has 0 saturated carbocycles. The summed E-state index contributed by atoms with van der Waals surface area (Å²) in [5, 5.41) is 12.3. The predicted octanol–water partition coefficient (Wildman–Crippen LogP) is 4.36. The minimum atomic E-state index is -0.864. The molecule has 0 atom stereocenters. The van der Waals surface area contributed by atoms with Gasteiger partial charge in [0.15, 0.2) is 0 Å². The van der Waals surface area contributed by atoms with E-state index in [2.05, 4.69) is 38.2 Å². The second-order valence-corrected chi connectivity index (χ2v) is 6.89. The van der Waals surface area contributed by atoms with Crippen molar-refractivity contribution in [1.82, 2.24) is 0 Å². The molecule has 0 spiro atoms. The first-order chi connectivity index (χ1) is 9.38. The van der Waals surface area contributed by atoms with Crippen molar-refractivity contribution in [1.29, 1.82) is 0 Å². The zero-order valence-electron chi connectivity index (χ0n) is 11.9. The molecule has 0 aliphatic carbocycles. The molecule has 4 heteroatoms. The monoisotopic (exact) mass is 289 g/mol. The maximum Gasteiger partial charge on any atom is 0.345 e. The zero-order chi connectivity index (χ0) is 14.8. The fourth-order valence-electron chi connectivity index (χ4n) is 2.06. The number of thiophene rings is 1. The molecule has 0 bridgehead atoms. The molecular formula is C16H19NO2S. The molecular weight excluding hydrogens is 270 g/mol. The molecule has 0 radical (unpaired) electrons. The SMILES string of the molecule is CC(C)(C)c1ccccc1NCc1ccc(C(=O)O)s1. The Labute approximate surface area is 123 Å². The van der Waals surface area contributed by atoms with Crippen molar-refractivity contribution in [2.24, 2.45) is 0 Å². The molecule has 0 saturated heterocycles. The first-order valence-electron chi connectivity index (χ1n) is 6.53. The van der Waals surface area contributed by atoms with Crippen molar-refractivity contribution < 1.29 is 9.90 Å². The summed E-state index contributed by atoms with van der Waals surface area (Å²) >= 11 is 1.31. The van der Waals surface area contributed by atoms with E-state index < -0.39 is 5.97 Å². The van der Waals surface area contributed by atoms with Crippen LogP contribution in [-0.4, -0.2) is 11.1 Å². The fourth-order valence-corrected chi connectivity index (χ4v) is 2.85. The van der Waals surface area contributed by atoms with Crippen molar-refractivity contribution >= 4 is 23.0 Å². The Kier molecular flexibility index (Phi) is 4.14. The summed E-state index contributed by atoms with van der Waals surface area (Å²) < 4.78 is 0. The highest BCUT2D eigenvalue weighted by atomic mass is 32.1. The van der Waals surface area contributed by atoms with Crippen molar-refractivity contribution in [3.05, 3.63) is 51.7 Å². The van der Waals surface area contributed by atoms with Gasteiger partial charge >= 0.3 is 5.97 Å². The molecule has 0 fully saturated rings. The van der Waals surface area contributed by atoms with E-state index >= 15 is 0 Å². The lowest BCUT2D eigenvalue weighted by Gasteiger charge is -2.23. The molecule has 3 nitrogen and oxygen atoms in total. The number of hydrogen-bond donors (Lipinski definition) is 2. The molecule has 106 valence electrons. The second kappa shape index (κ2) is 5.67. The van der Waals surface area contributed by atoms with Crippen LogP contribution in [0.4, 0.5) is 5.69 Å². The van der Waals surface area contributed by atoms with Gasteiger partial charge in [0.25, 0.3) is 0 Å². The van der Waals surface area contributed by atoms with Gasteiger partial charge in [-0.05, 0) is 29.2 Å². The molecule has 1 heterocycles. The summed E-state index contributed by atoms with van der Waals surface area (Å²) in [5.74, 6) is -0.864. The molecule has 1 aromatic heterocycles. The number of aromatic carboxylic acids is 1. The van der Waals surface area contributed by atoms with E-state index in [0.29, 0.717) is 11.4 Å². The molecule has 0 amide bonds. The highest BCUT2D eigenvalue weighted by Crippen LogP contribution is 2.30. The lowest BCUT2D eigenvalue weighted by atomic mass is 9.86. The van der Waals surface area contributed by atoms with E-state index in [9.17, 15) is 4.79 Å². The van der Waals surface area contributed by atoms with E-state index in [1.165, 1.54) is 16.9 Å². The summed E-state index contributed by atoms with van der Waals surface area (Å²) in [4.78, 5) is 12.3. The number of nitrogens with one attached hydrogen (secondary N) is 1. The van der Waals surface area contributed by atoms with Crippen LogP contribution in [0.1, 0.15) is 40.9 Å². The maximum absolute atomic E-state index is 10.9. The van der Waals surface area contributed by atoms with Crippen LogP contribution < -0.4 is 5.32 Å². The van der Waals surface area contributed by atoms with Crippen LogP contribution in [0.5, 0.6) is 0 Å². The van der Waals surface area contributed by atoms with Gasteiger partial charge in [-0.2, -0.15) is 0 Å². The minimum absolute atomic E-state index is 0.0747. The van der Waals surface area contributed by atoms with Gasteiger partial charge in [-0.25, -0.2) is 4.79 Å². The summed E-state index contributed by atoms with van der Waals surface area (Å²) in [6, 6.07) is 11.8. The first-order valence-corrected chi connectivity index (χ1v) is 7.35. The molecule has 2 aromatic rings. The number of carbonyl (C=O) groups is 1. The Balaban J connectivity index is 2.13. The van der Waals surface area contributed by atoms with Crippen molar-refractivity contribution in [3.63, 3.8) is 0 Å². The van der Waals surface area contributed by atoms with E-state index in [0.717, 1.165) is 10.6 Å². The largest absolute Gasteiger partial charge is 0.477 e. The van der Waals surface area contributed by atoms with Crippen molar-refractivity contribution in [2.75, 3.05) is 5.32 Å². The van der Waals surface area contributed by atoms with Crippen LogP contribution in [0.25, 0.3) is 0 Å². The number of carboxylic acids is 1. The van der Waals surface area contributed by atoms with E-state index in [-0.39, 0.29) is 5.41 Å². The smallest absolute Gasteiger partial charge is 0.345 e. The number of anilines is 1. The third kappa shape index (κ3) is 3.39. The molecule has 0 aliphatic heterocycles. The maximum atomic E-state index is 10.9. The Bertz CT molecular complexity index is 611. The van der Waals surface area contributed by atoms with Gasteiger partial charge in [-0.1, -0.05) is 39.0 Å². The third-order valence-electron chi connectivity index (χ3n) is 3.06. The average molecular weight is 289 g/mol. The van der Waals surface area contributed by atoms with Gasteiger partial charge < -0.3 is 10.4 Å². The zero-order valence-corrected chi connectivity index (χ0v) is 12.8. The van der Waals surface area contributed by atoms with Crippen LogP contribution >= 0.6 is 11.3 Å². The first kappa shape index (κ1) is 14.6. The van der Waals surface area contributed by atoms with Gasteiger partial charge in [0.05, 0.1) is 0 Å². The van der Waals surface area contributed by atoms with Crippen molar-refractivity contribution in [3.8, 4) is 0 Å². The summed E-state index contributed by atoms with van der Waals surface area (Å²) in [5.41, 5.74) is 2.44. The standard InChI is InChI=1S/C16H19NO2S/c1-16(2,3)12-6-4-5-7-13(12)17-10-11-8-9-14(20-11)15(18)19/h4-9,17H,10H2,1-3H3,(H,18,19). The fraction of sp³-hybridized carbons (Fsp3) is 0.312. The van der Waals surface area contributed by atoms with E-state index in [4.69, 9.17) is 5.11 Å². The Morgan fingerprint density at radius 1 is 1.20 bits per heavy atom. The van der Waals surface area contributed by atoms with Crippen molar-refractivity contribution in [2.45, 2.75) is 32.7 Å². The Hall–Kier alpha value is -1.81. The van der Waals surface area contributed by atoms with Gasteiger partial charge in [-0.15, -0.1) is 11.3 Å². The molecule has 20 heavy (non-hydrogen) atoms. The number of carboxylic acid groups (broad SMARTS) is 1. The second-order valence-electron chi connectivity index (χ2n) is 5.72. The normalized spacial score (nSPS) is 11.3. The highest BCUT2D eigenvalue weighted by Gasteiger charge is 2.17. The number of rotatable bonds is 4. The summed E-state index contributed by atoms with van der Waals surface area (Å²) in [6.45, 7) is 7.19. The van der Waals surface area contributed by atoms with Gasteiger partial charge in [0.1, 0.15) is 4.88 Å². The third-order valence-corrected chi connectivity index (χ3v) is 4.13. The quantitative estimate of drug-likeness (QED) is 0.879. The van der Waals surface area contributed by atoms with Crippen LogP contribution in [0.3, 0.4) is 0 Å². The highest BCUT2D eigenvalue weighted by molar-refractivity contribution is 7.13. The van der Waals surface area contributed by atoms with Crippen LogP contribution in [-0.2, 0) is 12.0 Å². The van der Waals surface area contributed by atoms with Crippen LogP contribution in [0.2, 0.25) is 0 Å². The van der Waals surface area contributed by atoms with Crippen LogP contribution in [0, 0.1) is 0 Å². The lowest BCUT2D eigenvalue weighted by molar-refractivity contribution is 0.0702. The summed E-state index contributed by atoms with van der Waals surface area (Å²) in [6.07, 6.45) is 0. The average Bonchev–Trinajstić information content (AvgIpc) is 2.84. The van der Waals surface area contributed by atoms with E-state index in [1.807, 2.05) is 18.2 Å². The van der Waals surface area contributed by atoms with Gasteiger partial charge in [0, 0.05) is 17.1 Å². The molecule has 1 aromatic carbocycles. The van der Waals surface area contributed by atoms with Gasteiger partial charge in [0.2, 0.25) is 0 Å². The summed E-state index contributed by atoms with van der Waals surface area (Å²) in [7, 11) is 0. The Morgan fingerprint density at radius 2 is 1.90 bits per heavy atom. The van der Waals surface area contributed by atoms with E-state index in [1.54, 1.807) is 6.07 Å². The molecule has 2 rings (SSSR count). The topological polar surface area (TPSA) is 49.3 Å². The minimum Gasteiger partial charge on any atom is -0.477 e. The van der Waals surface area contributed by atoms with Crippen LogP contribution in [0.15, 0.2) is 36.4 Å². The predicted molar refractivity (Wildman–Crippen MR) is 83.7 cm³/mol. The lowest BCUT2D eigenvalue weighted by Crippen LogP contribution is -2.14. The van der Waals surface area contributed by atoms with Gasteiger partial charge in [-0.3, -0.25) is 0 Å². The number of benzene rings is 1. The number of para-hydroxylation sites is 1. The molecule has 0 aliphatic rings. The molecule has 2 N–H and O–H groups in total. The molecule has 0 unspecified atom stereocenters. The Morgan fingerprint density at radius 3 is 2.50 bits per heavy atom. The number of hydrogen-bond acceptors (Lipinski definition) is 3.